The zero-order valence-electron chi connectivity index (χ0n) is 11.2. The Hall–Kier alpha value is -1.21. The standard InChI is InChI=1S/C14H16F5NO/c15-11-2-1-9(7-12(11)16)8-20-5-3-10(4-6-20)13(21)14(17,18)19/h1-2,7,10,13,21H,3-6,8H2. The van der Waals surface area contributed by atoms with Gasteiger partial charge in [-0.05, 0) is 49.5 Å². The van der Waals surface area contributed by atoms with Crippen molar-refractivity contribution in [1.29, 1.82) is 0 Å². The number of alkyl halides is 3. The maximum atomic E-state index is 13.1. The Labute approximate surface area is 119 Å². The van der Waals surface area contributed by atoms with Gasteiger partial charge in [-0.1, -0.05) is 6.07 Å². The van der Waals surface area contributed by atoms with Gasteiger partial charge in [0.1, 0.15) is 0 Å². The van der Waals surface area contributed by atoms with Gasteiger partial charge in [-0.3, -0.25) is 4.90 Å². The van der Waals surface area contributed by atoms with Gasteiger partial charge in [0.15, 0.2) is 17.7 Å². The predicted octanol–water partition coefficient (Wildman–Crippen LogP) is 3.10. The third-order valence-electron chi connectivity index (χ3n) is 3.80. The Bertz CT molecular complexity index is 483. The van der Waals surface area contributed by atoms with Gasteiger partial charge in [0.05, 0.1) is 0 Å². The highest BCUT2D eigenvalue weighted by Gasteiger charge is 2.44. The van der Waals surface area contributed by atoms with Crippen molar-refractivity contribution in [1.82, 2.24) is 4.90 Å². The fourth-order valence-corrected chi connectivity index (χ4v) is 2.59. The molecule has 2 rings (SSSR count). The maximum Gasteiger partial charge on any atom is 0.414 e. The van der Waals surface area contributed by atoms with Crippen molar-refractivity contribution in [2.75, 3.05) is 13.1 Å². The first-order valence-corrected chi connectivity index (χ1v) is 6.68. The largest absolute Gasteiger partial charge is 0.414 e. The second-order valence-electron chi connectivity index (χ2n) is 5.35. The number of aliphatic hydroxyl groups excluding tert-OH is 1. The molecule has 118 valence electrons. The summed E-state index contributed by atoms with van der Waals surface area (Å²) in [5.41, 5.74) is 0.573. The van der Waals surface area contributed by atoms with E-state index < -0.39 is 29.8 Å². The lowest BCUT2D eigenvalue weighted by Gasteiger charge is -2.34. The van der Waals surface area contributed by atoms with Crippen molar-refractivity contribution in [2.45, 2.75) is 31.7 Å². The van der Waals surface area contributed by atoms with Crippen LogP contribution in [-0.2, 0) is 6.54 Å². The molecular formula is C14H16F5NO. The van der Waals surface area contributed by atoms with Crippen LogP contribution >= 0.6 is 0 Å². The smallest absolute Gasteiger partial charge is 0.383 e. The number of rotatable bonds is 3. The van der Waals surface area contributed by atoms with Gasteiger partial charge >= 0.3 is 6.18 Å². The van der Waals surface area contributed by atoms with Crippen LogP contribution in [0.1, 0.15) is 18.4 Å². The minimum Gasteiger partial charge on any atom is -0.383 e. The normalized spacial score (nSPS) is 19.7. The molecule has 1 aromatic rings. The van der Waals surface area contributed by atoms with Crippen molar-refractivity contribution in [3.8, 4) is 0 Å². The van der Waals surface area contributed by atoms with E-state index in [1.54, 1.807) is 0 Å². The van der Waals surface area contributed by atoms with E-state index in [2.05, 4.69) is 0 Å². The number of hydrogen-bond donors (Lipinski definition) is 1. The van der Waals surface area contributed by atoms with E-state index in [4.69, 9.17) is 0 Å². The number of halogens is 5. The average Bonchev–Trinajstić information content (AvgIpc) is 2.42. The quantitative estimate of drug-likeness (QED) is 0.867. The van der Waals surface area contributed by atoms with Crippen LogP contribution in [0.25, 0.3) is 0 Å². The Balaban J connectivity index is 1.88. The lowest BCUT2D eigenvalue weighted by atomic mass is 9.90. The van der Waals surface area contributed by atoms with E-state index in [-0.39, 0.29) is 12.8 Å². The van der Waals surface area contributed by atoms with E-state index in [0.717, 1.165) is 12.1 Å². The summed E-state index contributed by atoms with van der Waals surface area (Å²) in [5.74, 6) is -2.66. The summed E-state index contributed by atoms with van der Waals surface area (Å²) in [6, 6.07) is 3.58. The number of piperidine rings is 1. The molecule has 2 nitrogen and oxygen atoms in total. The maximum absolute atomic E-state index is 13.1. The third-order valence-corrected chi connectivity index (χ3v) is 3.80. The highest BCUT2D eigenvalue weighted by atomic mass is 19.4. The third kappa shape index (κ3) is 4.14. The number of benzene rings is 1. The van der Waals surface area contributed by atoms with Crippen LogP contribution in [0.3, 0.4) is 0 Å². The fourth-order valence-electron chi connectivity index (χ4n) is 2.59. The molecule has 1 N–H and O–H groups in total. The lowest BCUT2D eigenvalue weighted by Crippen LogP contribution is -2.43. The van der Waals surface area contributed by atoms with E-state index in [1.807, 2.05) is 4.90 Å². The van der Waals surface area contributed by atoms with E-state index in [1.165, 1.54) is 6.07 Å². The molecule has 1 aromatic carbocycles. The molecule has 1 saturated heterocycles. The van der Waals surface area contributed by atoms with Crippen molar-refractivity contribution in [3.63, 3.8) is 0 Å². The van der Waals surface area contributed by atoms with Crippen molar-refractivity contribution < 1.29 is 27.1 Å². The molecule has 0 aliphatic carbocycles. The van der Waals surface area contributed by atoms with Gasteiger partial charge < -0.3 is 5.11 Å². The van der Waals surface area contributed by atoms with Crippen LogP contribution in [0, 0.1) is 17.6 Å². The summed E-state index contributed by atoms with van der Waals surface area (Å²) in [6.07, 6.45) is -6.43. The van der Waals surface area contributed by atoms with Gasteiger partial charge in [0.25, 0.3) is 0 Å². The Morgan fingerprint density at radius 3 is 2.29 bits per heavy atom. The molecular weight excluding hydrogens is 293 g/mol. The number of hydrogen-bond acceptors (Lipinski definition) is 2. The molecule has 0 saturated carbocycles. The fraction of sp³-hybridized carbons (Fsp3) is 0.571. The number of nitrogens with zero attached hydrogens (tertiary/aromatic N) is 1. The molecule has 1 aliphatic rings. The van der Waals surface area contributed by atoms with E-state index in [9.17, 15) is 27.1 Å². The molecule has 21 heavy (non-hydrogen) atoms. The lowest BCUT2D eigenvalue weighted by molar-refractivity contribution is -0.223. The molecule has 7 heteroatoms. The van der Waals surface area contributed by atoms with E-state index in [0.29, 0.717) is 25.2 Å². The Morgan fingerprint density at radius 1 is 1.14 bits per heavy atom. The van der Waals surface area contributed by atoms with Crippen LogP contribution in [-0.4, -0.2) is 35.4 Å². The van der Waals surface area contributed by atoms with Crippen LogP contribution in [0.2, 0.25) is 0 Å². The zero-order chi connectivity index (χ0) is 15.6. The average molecular weight is 309 g/mol. The second kappa shape index (κ2) is 6.27. The van der Waals surface area contributed by atoms with Gasteiger partial charge in [0, 0.05) is 6.54 Å². The molecule has 1 atom stereocenters. The SMILES string of the molecule is OC(C1CCN(Cc2ccc(F)c(F)c2)CC1)C(F)(F)F. The van der Waals surface area contributed by atoms with Gasteiger partial charge in [-0.25, -0.2) is 8.78 Å². The zero-order valence-corrected chi connectivity index (χ0v) is 11.2. The molecule has 1 fully saturated rings. The first kappa shape index (κ1) is 16.2. The highest BCUT2D eigenvalue weighted by Crippen LogP contribution is 2.31. The van der Waals surface area contributed by atoms with Crippen molar-refractivity contribution >= 4 is 0 Å². The van der Waals surface area contributed by atoms with Crippen molar-refractivity contribution in [2.24, 2.45) is 5.92 Å². The van der Waals surface area contributed by atoms with E-state index >= 15 is 0 Å². The molecule has 0 aromatic heterocycles. The summed E-state index contributed by atoms with van der Waals surface area (Å²) >= 11 is 0. The van der Waals surface area contributed by atoms with Crippen molar-refractivity contribution in [3.05, 3.63) is 35.4 Å². The summed E-state index contributed by atoms with van der Waals surface area (Å²) in [7, 11) is 0. The predicted molar refractivity (Wildman–Crippen MR) is 66.4 cm³/mol. The molecule has 0 spiro atoms. The number of likely N-dealkylation sites (tertiary alicyclic amines) is 1. The minimum atomic E-state index is -4.59. The summed E-state index contributed by atoms with van der Waals surface area (Å²) < 4.78 is 63.1. The summed E-state index contributed by atoms with van der Waals surface area (Å²) in [4.78, 5) is 1.87. The molecule has 1 heterocycles. The second-order valence-corrected chi connectivity index (χ2v) is 5.35. The van der Waals surface area contributed by atoms with Crippen LogP contribution < -0.4 is 0 Å². The monoisotopic (exact) mass is 309 g/mol. The van der Waals surface area contributed by atoms with Gasteiger partial charge in [0.2, 0.25) is 0 Å². The van der Waals surface area contributed by atoms with Gasteiger partial charge in [-0.2, -0.15) is 13.2 Å². The Morgan fingerprint density at radius 2 is 1.76 bits per heavy atom. The first-order valence-electron chi connectivity index (χ1n) is 6.68. The first-order chi connectivity index (χ1) is 9.77. The summed E-state index contributed by atoms with van der Waals surface area (Å²) in [5, 5.41) is 9.22. The number of aliphatic hydroxyl groups is 1. The van der Waals surface area contributed by atoms with Gasteiger partial charge in [-0.15, -0.1) is 0 Å². The van der Waals surface area contributed by atoms with Crippen LogP contribution in [0.4, 0.5) is 22.0 Å². The molecule has 0 bridgehead atoms. The molecule has 0 amide bonds. The molecule has 1 unspecified atom stereocenters. The highest BCUT2D eigenvalue weighted by molar-refractivity contribution is 5.17. The minimum absolute atomic E-state index is 0.227. The molecule has 1 aliphatic heterocycles. The topological polar surface area (TPSA) is 23.5 Å². The molecule has 0 radical (unpaired) electrons. The Kier molecular flexibility index (Phi) is 4.83. The summed E-state index contributed by atoms with van der Waals surface area (Å²) in [6.45, 7) is 1.12. The van der Waals surface area contributed by atoms with Crippen LogP contribution in [0.5, 0.6) is 0 Å². The van der Waals surface area contributed by atoms with Crippen LogP contribution in [0.15, 0.2) is 18.2 Å².